The molecule has 0 bridgehead atoms. The molecule has 0 aromatic heterocycles. The number of carbonyl (C=O) groups excluding carboxylic acids is 2. The number of nitrogens with zero attached hydrogens (tertiary/aromatic N) is 3. The zero-order valence-electron chi connectivity index (χ0n) is 32.9. The number of unbranched alkanes of at least 4 members (excludes halogenated alkanes) is 2. The topological polar surface area (TPSA) is 192 Å². The molecule has 0 radical (unpaired) electrons. The van der Waals surface area contributed by atoms with Crippen LogP contribution in [0.2, 0.25) is 0 Å². The number of nitriles is 1. The van der Waals surface area contributed by atoms with Crippen LogP contribution in [0.25, 0.3) is 0 Å². The lowest BCUT2D eigenvalue weighted by molar-refractivity contribution is -0.254. The first kappa shape index (κ1) is 43.3. The van der Waals surface area contributed by atoms with Crippen LogP contribution < -0.4 is 14.8 Å². The Morgan fingerprint density at radius 2 is 1.82 bits per heavy atom. The lowest BCUT2D eigenvalue weighted by Crippen LogP contribution is -2.70. The van der Waals surface area contributed by atoms with E-state index in [0.717, 1.165) is 36.8 Å². The van der Waals surface area contributed by atoms with E-state index in [1.165, 1.54) is 7.11 Å². The van der Waals surface area contributed by atoms with Gasteiger partial charge in [0.05, 0.1) is 49.7 Å². The van der Waals surface area contributed by atoms with E-state index in [0.29, 0.717) is 47.7 Å². The van der Waals surface area contributed by atoms with Crippen LogP contribution in [0.5, 0.6) is 11.5 Å². The summed E-state index contributed by atoms with van der Waals surface area (Å²) in [5.74, 6) is -1.93. The Hall–Kier alpha value is -4.78. The molecule has 5 rings (SSSR count). The van der Waals surface area contributed by atoms with Gasteiger partial charge in [-0.1, -0.05) is 30.1 Å². The van der Waals surface area contributed by atoms with Gasteiger partial charge in [0.15, 0.2) is 0 Å². The second-order valence-electron chi connectivity index (χ2n) is 14.4. The Morgan fingerprint density at radius 1 is 1.07 bits per heavy atom. The monoisotopic (exact) mass is 788 g/mol. The molecule has 308 valence electrons. The van der Waals surface area contributed by atoms with Crippen LogP contribution in [-0.2, 0) is 14.3 Å². The average Bonchev–Trinajstić information content (AvgIpc) is 3.22. The van der Waals surface area contributed by atoms with Gasteiger partial charge in [-0.15, -0.1) is 6.58 Å². The Kier molecular flexibility index (Phi) is 16.1. The molecule has 14 nitrogen and oxygen atoms in total. The summed E-state index contributed by atoms with van der Waals surface area (Å²) in [5.41, 5.74) is 3.03. The van der Waals surface area contributed by atoms with Crippen molar-refractivity contribution < 1.29 is 48.7 Å². The third-order valence-electron chi connectivity index (χ3n) is 11.0. The minimum Gasteiger partial charge on any atom is -0.459 e. The van der Waals surface area contributed by atoms with Crippen LogP contribution in [0, 0.1) is 29.1 Å². The summed E-state index contributed by atoms with van der Waals surface area (Å²) in [4.78, 5) is 34.7. The average molecular weight is 789 g/mol. The maximum atomic E-state index is 14.8. The molecule has 2 aromatic carbocycles. The number of carbonyl (C=O) groups is 2. The van der Waals surface area contributed by atoms with Gasteiger partial charge in [0, 0.05) is 49.8 Å². The second kappa shape index (κ2) is 21.1. The van der Waals surface area contributed by atoms with Crippen molar-refractivity contribution in [1.82, 2.24) is 10.2 Å². The number of fused-ring (bicyclic) bond motifs is 2. The molecule has 0 spiro atoms. The molecule has 6 atom stereocenters. The molecule has 2 aliphatic carbocycles. The zero-order valence-corrected chi connectivity index (χ0v) is 32.9. The maximum absolute atomic E-state index is 14.8. The number of ether oxygens (including phenoxy) is 4. The molecule has 1 saturated carbocycles. The van der Waals surface area contributed by atoms with Gasteiger partial charge in [-0.05, 0) is 92.5 Å². The first-order valence-corrected chi connectivity index (χ1v) is 19.9. The van der Waals surface area contributed by atoms with Crippen LogP contribution in [0.3, 0.4) is 0 Å². The third kappa shape index (κ3) is 9.85. The molecule has 6 unspecified atom stereocenters. The van der Waals surface area contributed by atoms with Crippen molar-refractivity contribution in [2.75, 3.05) is 59.8 Å². The molecule has 14 heteroatoms. The smallest absolute Gasteiger partial charge is 0.412 e. The van der Waals surface area contributed by atoms with E-state index in [9.17, 15) is 30.2 Å². The molecule has 57 heavy (non-hydrogen) atoms. The molecular weight excluding hydrogens is 732 g/mol. The number of hydrogen-bond donors (Lipinski definition) is 4. The molecule has 0 saturated heterocycles. The Morgan fingerprint density at radius 3 is 2.49 bits per heavy atom. The highest BCUT2D eigenvalue weighted by atomic mass is 16.7. The van der Waals surface area contributed by atoms with Gasteiger partial charge in [-0.3, -0.25) is 4.79 Å². The Labute approximate surface area is 334 Å². The SMILES string of the molecule is C=CCOC12Oc3ccc(OC(=O)NCC)cc3C3C(CCCCO)C(CCCCO)C=C(C(=NOC)CC1N(CCOCCO)C(=O)c1ccc(C#N)cc1)C32. The highest BCUT2D eigenvalue weighted by molar-refractivity contribution is 6.03. The molecule has 1 heterocycles. The number of rotatable bonds is 21. The van der Waals surface area contributed by atoms with Crippen LogP contribution in [0.1, 0.15) is 79.3 Å². The van der Waals surface area contributed by atoms with Gasteiger partial charge in [0.2, 0.25) is 5.79 Å². The maximum Gasteiger partial charge on any atom is 0.412 e. The van der Waals surface area contributed by atoms with E-state index in [1.54, 1.807) is 54.3 Å². The summed E-state index contributed by atoms with van der Waals surface area (Å²) in [6.07, 6.45) is 7.74. The first-order chi connectivity index (χ1) is 27.8. The lowest BCUT2D eigenvalue weighted by Gasteiger charge is -2.60. The number of aliphatic hydroxyl groups excluding tert-OH is 3. The Balaban J connectivity index is 1.77. The number of aliphatic hydroxyl groups is 3. The number of hydrogen-bond acceptors (Lipinski definition) is 12. The number of allylic oxidation sites excluding steroid dienone is 1. The summed E-state index contributed by atoms with van der Waals surface area (Å²) < 4.78 is 25.6. The highest BCUT2D eigenvalue weighted by Crippen LogP contribution is 2.62. The van der Waals surface area contributed by atoms with Gasteiger partial charge in [0.1, 0.15) is 24.7 Å². The summed E-state index contributed by atoms with van der Waals surface area (Å²) in [5, 5.41) is 45.9. The molecule has 4 N–H and O–H groups in total. The van der Waals surface area contributed by atoms with Gasteiger partial charge in [-0.2, -0.15) is 5.26 Å². The van der Waals surface area contributed by atoms with Crippen LogP contribution in [0.4, 0.5) is 4.79 Å². The van der Waals surface area contributed by atoms with Crippen molar-refractivity contribution >= 4 is 17.7 Å². The zero-order chi connectivity index (χ0) is 40.8. The van der Waals surface area contributed by atoms with E-state index in [-0.39, 0.29) is 76.3 Å². The van der Waals surface area contributed by atoms with Crippen molar-refractivity contribution in [3.8, 4) is 17.6 Å². The van der Waals surface area contributed by atoms with E-state index >= 15 is 0 Å². The summed E-state index contributed by atoms with van der Waals surface area (Å²) in [7, 11) is 1.48. The predicted octanol–water partition coefficient (Wildman–Crippen LogP) is 5.08. The molecule has 3 aliphatic rings. The van der Waals surface area contributed by atoms with Crippen LogP contribution in [0.15, 0.2) is 71.9 Å². The van der Waals surface area contributed by atoms with E-state index in [4.69, 9.17) is 23.8 Å². The van der Waals surface area contributed by atoms with Crippen molar-refractivity contribution in [2.24, 2.45) is 22.9 Å². The van der Waals surface area contributed by atoms with Crippen molar-refractivity contribution in [1.29, 1.82) is 5.26 Å². The van der Waals surface area contributed by atoms with Gasteiger partial charge >= 0.3 is 6.09 Å². The van der Waals surface area contributed by atoms with Crippen molar-refractivity contribution in [3.63, 3.8) is 0 Å². The standard InChI is InChI=1S/C43H56N4O10/c1-4-22-55-43-38(47(18-23-54-24-21-50)41(51)30-14-12-29(28-44)13-15-30)27-36(46-53-3)34-25-31(10-6-8-19-48)33(11-7-9-20-49)39(40(34)43)35-26-32(16-17-37(35)57-43)56-42(52)45-5-2/h4,12-17,25-26,31,33,38-40,48-50H,1,5-11,18-24,27H2,2-3H3,(H,45,52). The second-order valence-corrected chi connectivity index (χ2v) is 14.4. The van der Waals surface area contributed by atoms with Crippen molar-refractivity contribution in [2.45, 2.75) is 69.6 Å². The normalized spacial score (nSPS) is 23.9. The fraction of sp³-hybridized carbons (Fsp3) is 0.535. The fourth-order valence-electron chi connectivity index (χ4n) is 8.69. The number of benzene rings is 2. The minimum atomic E-state index is -1.52. The van der Waals surface area contributed by atoms with Gasteiger partial charge in [-0.25, -0.2) is 4.79 Å². The largest absolute Gasteiger partial charge is 0.459 e. The Bertz CT molecular complexity index is 1780. The van der Waals surface area contributed by atoms with E-state index in [2.05, 4.69) is 29.2 Å². The summed E-state index contributed by atoms with van der Waals surface area (Å²) >= 11 is 0. The molecular formula is C43H56N4O10. The van der Waals surface area contributed by atoms with Crippen LogP contribution >= 0.6 is 0 Å². The summed E-state index contributed by atoms with van der Waals surface area (Å²) in [6.45, 7) is 6.44. The first-order valence-electron chi connectivity index (χ1n) is 19.9. The molecule has 2 aromatic rings. The minimum absolute atomic E-state index is 0.0179. The number of amides is 2. The van der Waals surface area contributed by atoms with Crippen LogP contribution in [-0.4, -0.2) is 110 Å². The predicted molar refractivity (Wildman–Crippen MR) is 212 cm³/mol. The van der Waals surface area contributed by atoms with Gasteiger partial charge in [0.25, 0.3) is 5.91 Å². The fourth-order valence-corrected chi connectivity index (χ4v) is 8.69. The summed E-state index contributed by atoms with van der Waals surface area (Å²) in [6, 6.07) is 13.0. The van der Waals surface area contributed by atoms with Crippen molar-refractivity contribution in [3.05, 3.63) is 83.5 Å². The third-order valence-corrected chi connectivity index (χ3v) is 11.0. The molecule has 1 aliphatic heterocycles. The quantitative estimate of drug-likeness (QED) is 0.0749. The molecule has 1 fully saturated rings. The van der Waals surface area contributed by atoms with E-state index < -0.39 is 23.8 Å². The van der Waals surface area contributed by atoms with E-state index in [1.807, 2.05) is 6.07 Å². The molecule has 2 amide bonds. The lowest BCUT2D eigenvalue weighted by atomic mass is 9.55. The van der Waals surface area contributed by atoms with Gasteiger partial charge < -0.3 is 49.3 Å². The number of oxime groups is 1. The number of nitrogens with one attached hydrogen (secondary N) is 1. The highest BCUT2D eigenvalue weighted by Gasteiger charge is 2.65.